The maximum atomic E-state index is 11.6. The van der Waals surface area contributed by atoms with Gasteiger partial charge in [0, 0.05) is 11.3 Å². The quantitative estimate of drug-likeness (QED) is 0.718. The average molecular weight is 230 g/mol. The minimum Gasteiger partial charge on any atom is -0.293 e. The lowest BCUT2D eigenvalue weighted by molar-refractivity contribution is 0.0992. The zero-order valence-electron chi connectivity index (χ0n) is 9.49. The second kappa shape index (κ2) is 4.62. The normalized spacial score (nSPS) is 10.4. The zero-order chi connectivity index (χ0) is 11.5. The van der Waals surface area contributed by atoms with E-state index in [0.717, 1.165) is 4.88 Å². The van der Waals surface area contributed by atoms with Crippen molar-refractivity contribution in [1.29, 1.82) is 0 Å². The van der Waals surface area contributed by atoms with Crippen molar-refractivity contribution >= 4 is 17.1 Å². The van der Waals surface area contributed by atoms with E-state index in [4.69, 9.17) is 0 Å². The lowest BCUT2D eigenvalue weighted by Gasteiger charge is -2.01. The highest BCUT2D eigenvalue weighted by molar-refractivity contribution is 7.17. The van der Waals surface area contributed by atoms with Crippen LogP contribution in [0.15, 0.2) is 36.4 Å². The molecular formula is C14H14OS. The summed E-state index contributed by atoms with van der Waals surface area (Å²) in [6.45, 7) is 3.99. The number of ketones is 1. The third-order valence-corrected chi connectivity index (χ3v) is 3.77. The molecule has 0 aliphatic carbocycles. The van der Waals surface area contributed by atoms with Crippen LogP contribution in [0.4, 0.5) is 0 Å². The summed E-state index contributed by atoms with van der Waals surface area (Å²) < 4.78 is 0. The third-order valence-electron chi connectivity index (χ3n) is 2.61. The minimum absolute atomic E-state index is 0.227. The third kappa shape index (κ3) is 2.07. The average Bonchev–Trinajstić information content (AvgIpc) is 2.78. The molecule has 0 aliphatic rings. The number of carbonyl (C=O) groups is 1. The Balaban J connectivity index is 2.39. The number of rotatable bonds is 3. The SMILES string of the molecule is CCC(=O)c1ccc(-c2ccccc2C)s1. The molecule has 1 heterocycles. The molecule has 0 N–H and O–H groups in total. The Morgan fingerprint density at radius 3 is 2.62 bits per heavy atom. The Labute approximate surface area is 99.8 Å². The molecule has 0 bridgehead atoms. The van der Waals surface area contributed by atoms with E-state index in [1.807, 2.05) is 31.2 Å². The van der Waals surface area contributed by atoms with Gasteiger partial charge < -0.3 is 0 Å². The fourth-order valence-corrected chi connectivity index (χ4v) is 2.76. The number of benzene rings is 1. The molecule has 0 unspecified atom stereocenters. The highest BCUT2D eigenvalue weighted by Gasteiger charge is 2.09. The molecule has 2 rings (SSSR count). The van der Waals surface area contributed by atoms with E-state index >= 15 is 0 Å². The van der Waals surface area contributed by atoms with Gasteiger partial charge in [-0.3, -0.25) is 4.79 Å². The monoisotopic (exact) mass is 230 g/mol. The van der Waals surface area contributed by atoms with Crippen LogP contribution in [0, 0.1) is 6.92 Å². The van der Waals surface area contributed by atoms with Gasteiger partial charge in [-0.05, 0) is 30.2 Å². The van der Waals surface area contributed by atoms with Crippen LogP contribution in [0.2, 0.25) is 0 Å². The Morgan fingerprint density at radius 2 is 1.94 bits per heavy atom. The summed E-state index contributed by atoms with van der Waals surface area (Å²) >= 11 is 1.58. The van der Waals surface area contributed by atoms with Crippen molar-refractivity contribution in [2.24, 2.45) is 0 Å². The van der Waals surface area contributed by atoms with Crippen LogP contribution in [0.1, 0.15) is 28.6 Å². The molecule has 2 aromatic rings. The van der Waals surface area contributed by atoms with Crippen molar-refractivity contribution in [1.82, 2.24) is 0 Å². The molecule has 1 aromatic heterocycles. The summed E-state index contributed by atoms with van der Waals surface area (Å²) in [5.74, 6) is 0.227. The first-order valence-corrected chi connectivity index (χ1v) is 6.23. The van der Waals surface area contributed by atoms with Crippen molar-refractivity contribution in [3.8, 4) is 10.4 Å². The van der Waals surface area contributed by atoms with Crippen LogP contribution in [-0.4, -0.2) is 5.78 Å². The van der Waals surface area contributed by atoms with Crippen molar-refractivity contribution < 1.29 is 4.79 Å². The van der Waals surface area contributed by atoms with Crippen LogP contribution in [0.3, 0.4) is 0 Å². The molecular weight excluding hydrogens is 216 g/mol. The molecule has 16 heavy (non-hydrogen) atoms. The summed E-state index contributed by atoms with van der Waals surface area (Å²) in [5, 5.41) is 0. The number of aryl methyl sites for hydroxylation is 1. The topological polar surface area (TPSA) is 17.1 Å². The molecule has 0 aliphatic heterocycles. The standard InChI is InChI=1S/C14H14OS/c1-3-12(15)14-9-8-13(16-14)11-7-5-4-6-10(11)2/h4-9H,3H2,1-2H3. The molecule has 0 fully saturated rings. The van der Waals surface area contributed by atoms with E-state index in [1.54, 1.807) is 11.3 Å². The molecule has 1 aromatic carbocycles. The fourth-order valence-electron chi connectivity index (χ4n) is 1.66. The first kappa shape index (κ1) is 11.1. The summed E-state index contributed by atoms with van der Waals surface area (Å²) in [7, 11) is 0. The molecule has 0 saturated carbocycles. The first-order chi connectivity index (χ1) is 7.72. The highest BCUT2D eigenvalue weighted by Crippen LogP contribution is 2.30. The smallest absolute Gasteiger partial charge is 0.172 e. The van der Waals surface area contributed by atoms with Crippen LogP contribution in [-0.2, 0) is 0 Å². The Hall–Kier alpha value is -1.41. The zero-order valence-corrected chi connectivity index (χ0v) is 10.3. The van der Waals surface area contributed by atoms with Gasteiger partial charge >= 0.3 is 0 Å². The lowest BCUT2D eigenvalue weighted by atomic mass is 10.1. The predicted octanol–water partition coefficient (Wildman–Crippen LogP) is 4.32. The maximum Gasteiger partial charge on any atom is 0.172 e. The lowest BCUT2D eigenvalue weighted by Crippen LogP contribution is -1.90. The largest absolute Gasteiger partial charge is 0.293 e. The van der Waals surface area contributed by atoms with E-state index in [2.05, 4.69) is 19.1 Å². The molecule has 0 saturated heterocycles. The summed E-state index contributed by atoms with van der Waals surface area (Å²) in [5.41, 5.74) is 2.47. The van der Waals surface area contributed by atoms with Gasteiger partial charge in [-0.25, -0.2) is 0 Å². The van der Waals surface area contributed by atoms with Crippen molar-refractivity contribution in [2.75, 3.05) is 0 Å². The van der Waals surface area contributed by atoms with E-state index in [9.17, 15) is 4.79 Å². The molecule has 0 spiro atoms. The van der Waals surface area contributed by atoms with Gasteiger partial charge in [-0.2, -0.15) is 0 Å². The number of hydrogen-bond acceptors (Lipinski definition) is 2. The summed E-state index contributed by atoms with van der Waals surface area (Å²) in [4.78, 5) is 13.6. The maximum absolute atomic E-state index is 11.6. The van der Waals surface area contributed by atoms with E-state index in [-0.39, 0.29) is 5.78 Å². The summed E-state index contributed by atoms with van der Waals surface area (Å²) in [6, 6.07) is 12.2. The highest BCUT2D eigenvalue weighted by atomic mass is 32.1. The van der Waals surface area contributed by atoms with Crippen LogP contribution < -0.4 is 0 Å². The number of Topliss-reactive ketones (excluding diaryl/α,β-unsaturated/α-hetero) is 1. The minimum atomic E-state index is 0.227. The van der Waals surface area contributed by atoms with E-state index < -0.39 is 0 Å². The number of hydrogen-bond donors (Lipinski definition) is 0. The van der Waals surface area contributed by atoms with Gasteiger partial charge in [-0.15, -0.1) is 11.3 Å². The Bertz CT molecular complexity index is 511. The second-order valence-electron chi connectivity index (χ2n) is 3.76. The van der Waals surface area contributed by atoms with Gasteiger partial charge in [-0.1, -0.05) is 31.2 Å². The molecule has 0 radical (unpaired) electrons. The Kier molecular flexibility index (Phi) is 3.20. The van der Waals surface area contributed by atoms with Crippen molar-refractivity contribution in [3.05, 3.63) is 46.8 Å². The van der Waals surface area contributed by atoms with Crippen molar-refractivity contribution in [2.45, 2.75) is 20.3 Å². The van der Waals surface area contributed by atoms with Gasteiger partial charge in [0.05, 0.1) is 4.88 Å². The van der Waals surface area contributed by atoms with E-state index in [1.165, 1.54) is 16.0 Å². The van der Waals surface area contributed by atoms with Gasteiger partial charge in [0.2, 0.25) is 0 Å². The van der Waals surface area contributed by atoms with Crippen LogP contribution in [0.5, 0.6) is 0 Å². The fraction of sp³-hybridized carbons (Fsp3) is 0.214. The van der Waals surface area contributed by atoms with Gasteiger partial charge in [0.25, 0.3) is 0 Å². The van der Waals surface area contributed by atoms with Crippen molar-refractivity contribution in [3.63, 3.8) is 0 Å². The number of thiophene rings is 1. The van der Waals surface area contributed by atoms with Gasteiger partial charge in [0.15, 0.2) is 5.78 Å². The van der Waals surface area contributed by atoms with Crippen LogP contribution in [0.25, 0.3) is 10.4 Å². The van der Waals surface area contributed by atoms with Gasteiger partial charge in [0.1, 0.15) is 0 Å². The molecule has 0 atom stereocenters. The van der Waals surface area contributed by atoms with E-state index in [0.29, 0.717) is 6.42 Å². The van der Waals surface area contributed by atoms with Crippen LogP contribution >= 0.6 is 11.3 Å². The molecule has 1 nitrogen and oxygen atoms in total. The Morgan fingerprint density at radius 1 is 1.19 bits per heavy atom. The second-order valence-corrected chi connectivity index (χ2v) is 4.84. The molecule has 82 valence electrons. The summed E-state index contributed by atoms with van der Waals surface area (Å²) in [6.07, 6.45) is 0.577. The molecule has 2 heteroatoms. The molecule has 0 amide bonds. The predicted molar refractivity (Wildman–Crippen MR) is 69.1 cm³/mol. The number of carbonyl (C=O) groups excluding carboxylic acids is 1. The first-order valence-electron chi connectivity index (χ1n) is 5.41.